The largest absolute Gasteiger partial charge is 0.493 e. The predicted octanol–water partition coefficient (Wildman–Crippen LogP) is 5.73. The molecule has 0 heterocycles. The third kappa shape index (κ3) is 7.50. The molecule has 0 radical (unpaired) electrons. The van der Waals surface area contributed by atoms with Crippen molar-refractivity contribution in [2.75, 3.05) is 20.2 Å². The number of rotatable bonds is 8. The third-order valence-corrected chi connectivity index (χ3v) is 5.68. The molecular weight excluding hydrogens is 345 g/mol. The summed E-state index contributed by atoms with van der Waals surface area (Å²) in [5.41, 5.74) is 0.202. The van der Waals surface area contributed by atoms with Gasteiger partial charge in [0.15, 0.2) is 0 Å². The molecule has 0 bridgehead atoms. The quantitative estimate of drug-likeness (QED) is 0.251. The maximum Gasteiger partial charge on any atom is 0.420 e. The molecule has 0 spiro atoms. The minimum absolute atomic E-state index is 0.108. The predicted molar refractivity (Wildman–Crippen MR) is 101 cm³/mol. The van der Waals surface area contributed by atoms with E-state index >= 15 is 0 Å². The molecular formula is C18H29F3N2OSi. The highest BCUT2D eigenvalue weighted by atomic mass is 28.3. The molecule has 0 N–H and O–H groups in total. The fourth-order valence-corrected chi connectivity index (χ4v) is 3.38. The Kier molecular flexibility index (Phi) is 7.53. The smallest absolute Gasteiger partial charge is 0.420 e. The van der Waals surface area contributed by atoms with Crippen LogP contribution < -0.4 is 4.74 Å². The van der Waals surface area contributed by atoms with Crippen LogP contribution in [0.15, 0.2) is 17.1 Å². The van der Waals surface area contributed by atoms with E-state index in [0.29, 0.717) is 17.9 Å². The highest BCUT2D eigenvalue weighted by Crippen LogP contribution is 2.40. The van der Waals surface area contributed by atoms with Gasteiger partial charge in [-0.3, -0.25) is 0 Å². The Morgan fingerprint density at radius 1 is 1.24 bits per heavy atom. The molecule has 0 saturated heterocycles. The van der Waals surface area contributed by atoms with Crippen LogP contribution in [0.25, 0.3) is 0 Å². The third-order valence-electron chi connectivity index (χ3n) is 3.82. The zero-order valence-corrected chi connectivity index (χ0v) is 17.0. The number of alkyl halides is 3. The minimum atomic E-state index is -4.47. The fraction of sp³-hybridized carbons (Fsp3) is 0.611. The average Bonchev–Trinajstić information content (AvgIpc) is 2.48. The van der Waals surface area contributed by atoms with Crippen molar-refractivity contribution in [3.05, 3.63) is 23.3 Å². The summed E-state index contributed by atoms with van der Waals surface area (Å²) >= 11 is 0. The SMILES string of the molecule is CCN(C)/C=N/c1cc(C(F)(F)F)c(OCCC[Si](C)(C)C)cc1C. The van der Waals surface area contributed by atoms with Gasteiger partial charge >= 0.3 is 6.18 Å². The van der Waals surface area contributed by atoms with Crippen LogP contribution in [0.2, 0.25) is 25.7 Å². The lowest BCUT2D eigenvalue weighted by Crippen LogP contribution is -2.20. The zero-order valence-electron chi connectivity index (χ0n) is 16.0. The number of ether oxygens (including phenoxy) is 1. The standard InChI is InChI=1S/C18H29F3N2OSi/c1-7-23(3)13-22-16-12-15(18(19,20)21)17(11-14(16)2)24-9-8-10-25(4,5)6/h11-13H,7-10H2,1-6H3/b22-13+. The van der Waals surface area contributed by atoms with Crippen LogP contribution in [-0.2, 0) is 6.18 Å². The summed E-state index contributed by atoms with van der Waals surface area (Å²) in [5, 5.41) is 0. The molecule has 142 valence electrons. The molecule has 3 nitrogen and oxygen atoms in total. The summed E-state index contributed by atoms with van der Waals surface area (Å²) in [4.78, 5) is 5.97. The van der Waals surface area contributed by atoms with Crippen molar-refractivity contribution < 1.29 is 17.9 Å². The highest BCUT2D eigenvalue weighted by Gasteiger charge is 2.35. The Morgan fingerprint density at radius 2 is 1.88 bits per heavy atom. The lowest BCUT2D eigenvalue weighted by molar-refractivity contribution is -0.138. The summed E-state index contributed by atoms with van der Waals surface area (Å²) in [6.07, 6.45) is -2.16. The second kappa shape index (κ2) is 8.74. The number of aliphatic imine (C=N–C) groups is 1. The van der Waals surface area contributed by atoms with E-state index in [1.54, 1.807) is 11.8 Å². The van der Waals surface area contributed by atoms with Crippen LogP contribution in [0.5, 0.6) is 5.75 Å². The summed E-state index contributed by atoms with van der Waals surface area (Å²) in [6, 6.07) is 3.54. The molecule has 1 aromatic carbocycles. The second-order valence-corrected chi connectivity index (χ2v) is 13.1. The lowest BCUT2D eigenvalue weighted by Gasteiger charge is -2.18. The van der Waals surface area contributed by atoms with Gasteiger partial charge in [0.2, 0.25) is 0 Å². The molecule has 7 heteroatoms. The fourth-order valence-electron chi connectivity index (χ4n) is 2.18. The number of benzene rings is 1. The Morgan fingerprint density at radius 3 is 2.40 bits per heavy atom. The normalized spacial score (nSPS) is 12.7. The van der Waals surface area contributed by atoms with Crippen LogP contribution in [0, 0.1) is 6.92 Å². The van der Waals surface area contributed by atoms with E-state index in [-0.39, 0.29) is 5.75 Å². The van der Waals surface area contributed by atoms with Crippen LogP contribution in [0.3, 0.4) is 0 Å². The van der Waals surface area contributed by atoms with Crippen molar-refractivity contribution in [1.29, 1.82) is 0 Å². The summed E-state index contributed by atoms with van der Waals surface area (Å²) in [5.74, 6) is -0.108. The molecule has 0 aromatic heterocycles. The van der Waals surface area contributed by atoms with Crippen LogP contribution in [0.4, 0.5) is 18.9 Å². The highest BCUT2D eigenvalue weighted by molar-refractivity contribution is 6.76. The average molecular weight is 375 g/mol. The van der Waals surface area contributed by atoms with E-state index in [0.717, 1.165) is 25.1 Å². The summed E-state index contributed by atoms with van der Waals surface area (Å²) in [7, 11) is 0.602. The first-order valence-electron chi connectivity index (χ1n) is 8.53. The van der Waals surface area contributed by atoms with Gasteiger partial charge < -0.3 is 9.64 Å². The van der Waals surface area contributed by atoms with E-state index < -0.39 is 19.8 Å². The molecule has 0 saturated carbocycles. The van der Waals surface area contributed by atoms with Crippen molar-refractivity contribution in [2.24, 2.45) is 4.99 Å². The van der Waals surface area contributed by atoms with Crippen LogP contribution in [-0.4, -0.2) is 39.5 Å². The molecule has 0 aliphatic carbocycles. The molecule has 0 aliphatic heterocycles. The number of halogens is 3. The number of nitrogens with zero attached hydrogens (tertiary/aromatic N) is 2. The minimum Gasteiger partial charge on any atom is -0.493 e. The maximum atomic E-state index is 13.4. The Hall–Kier alpha value is -1.50. The monoisotopic (exact) mass is 374 g/mol. The molecule has 1 rings (SSSR count). The van der Waals surface area contributed by atoms with Gasteiger partial charge in [-0.25, -0.2) is 4.99 Å². The summed E-state index contributed by atoms with van der Waals surface area (Å²) in [6.45, 7) is 11.4. The van der Waals surface area contributed by atoms with Gasteiger partial charge in [0.25, 0.3) is 0 Å². The zero-order chi connectivity index (χ0) is 19.3. The van der Waals surface area contributed by atoms with Crippen molar-refractivity contribution in [3.63, 3.8) is 0 Å². The van der Waals surface area contributed by atoms with Gasteiger partial charge in [-0.05, 0) is 38.0 Å². The van der Waals surface area contributed by atoms with Crippen molar-refractivity contribution >= 4 is 20.1 Å². The Bertz CT molecular complexity index is 595. The number of hydrogen-bond donors (Lipinski definition) is 0. The summed E-state index contributed by atoms with van der Waals surface area (Å²) < 4.78 is 45.6. The first kappa shape index (κ1) is 21.5. The van der Waals surface area contributed by atoms with Gasteiger partial charge in [-0.15, -0.1) is 0 Å². The van der Waals surface area contributed by atoms with E-state index in [4.69, 9.17) is 4.74 Å². The Labute approximate surface area is 149 Å². The molecule has 0 unspecified atom stereocenters. The van der Waals surface area contributed by atoms with Crippen molar-refractivity contribution in [3.8, 4) is 5.75 Å². The molecule has 1 aromatic rings. The van der Waals surface area contributed by atoms with E-state index in [9.17, 15) is 13.2 Å². The molecule has 25 heavy (non-hydrogen) atoms. The number of hydrogen-bond acceptors (Lipinski definition) is 2. The first-order chi connectivity index (χ1) is 11.4. The van der Waals surface area contributed by atoms with Gasteiger partial charge in [-0.2, -0.15) is 13.2 Å². The van der Waals surface area contributed by atoms with E-state index in [2.05, 4.69) is 24.6 Å². The molecule has 0 amide bonds. The Balaban J connectivity index is 3.01. The first-order valence-corrected chi connectivity index (χ1v) is 12.2. The molecule has 0 atom stereocenters. The van der Waals surface area contributed by atoms with Crippen LogP contribution in [0.1, 0.15) is 24.5 Å². The second-order valence-electron chi connectivity index (χ2n) is 7.46. The van der Waals surface area contributed by atoms with Crippen molar-refractivity contribution in [2.45, 2.75) is 52.1 Å². The maximum absolute atomic E-state index is 13.4. The lowest BCUT2D eigenvalue weighted by atomic mass is 10.1. The topological polar surface area (TPSA) is 24.8 Å². The van der Waals surface area contributed by atoms with Crippen LogP contribution >= 0.6 is 0 Å². The number of aryl methyl sites for hydroxylation is 1. The van der Waals surface area contributed by atoms with Gasteiger partial charge in [0.1, 0.15) is 5.75 Å². The van der Waals surface area contributed by atoms with E-state index in [1.165, 1.54) is 12.4 Å². The molecule has 0 aliphatic rings. The van der Waals surface area contributed by atoms with Crippen molar-refractivity contribution in [1.82, 2.24) is 4.90 Å². The van der Waals surface area contributed by atoms with Gasteiger partial charge in [-0.1, -0.05) is 25.7 Å². The molecule has 0 fully saturated rings. The van der Waals surface area contributed by atoms with E-state index in [1.807, 2.05) is 14.0 Å². The van der Waals surface area contributed by atoms with Gasteiger partial charge in [0, 0.05) is 21.7 Å². The van der Waals surface area contributed by atoms with Gasteiger partial charge in [0.05, 0.1) is 24.2 Å².